The predicted octanol–water partition coefficient (Wildman–Crippen LogP) is 2.07. The molecule has 1 aromatic carbocycles. The van der Waals surface area contributed by atoms with Crippen molar-refractivity contribution in [3.8, 4) is 5.75 Å². The SMILES string of the molecule is Cl.Cl.Nc1nc(Nc2cccc(OCCN3CCNCC3)c2)ncc1F. The Labute approximate surface area is 164 Å². The van der Waals surface area contributed by atoms with Crippen molar-refractivity contribution in [2.75, 3.05) is 50.4 Å². The molecular weight excluding hydrogens is 382 g/mol. The van der Waals surface area contributed by atoms with Crippen molar-refractivity contribution >= 4 is 42.3 Å². The zero-order chi connectivity index (χ0) is 16.8. The Bertz CT molecular complexity index is 688. The van der Waals surface area contributed by atoms with Gasteiger partial charge in [0.25, 0.3) is 0 Å². The van der Waals surface area contributed by atoms with E-state index >= 15 is 0 Å². The van der Waals surface area contributed by atoms with E-state index in [2.05, 4.69) is 25.5 Å². The maximum Gasteiger partial charge on any atom is 0.229 e. The van der Waals surface area contributed by atoms with Gasteiger partial charge in [-0.3, -0.25) is 4.90 Å². The quantitative estimate of drug-likeness (QED) is 0.678. The third kappa shape index (κ3) is 6.45. The fourth-order valence-electron chi connectivity index (χ4n) is 2.46. The second-order valence-corrected chi connectivity index (χ2v) is 5.52. The summed E-state index contributed by atoms with van der Waals surface area (Å²) in [5, 5.41) is 6.31. The van der Waals surface area contributed by atoms with Gasteiger partial charge in [-0.2, -0.15) is 4.98 Å². The third-order valence-corrected chi connectivity index (χ3v) is 3.75. The Morgan fingerprint density at radius 1 is 1.27 bits per heavy atom. The molecule has 0 amide bonds. The first-order chi connectivity index (χ1) is 11.7. The summed E-state index contributed by atoms with van der Waals surface area (Å²) in [5.74, 6) is 0.179. The number of aromatic nitrogens is 2. The Morgan fingerprint density at radius 3 is 2.77 bits per heavy atom. The van der Waals surface area contributed by atoms with Crippen LogP contribution in [-0.2, 0) is 0 Å². The first-order valence-corrected chi connectivity index (χ1v) is 7.92. The predicted molar refractivity (Wildman–Crippen MR) is 105 cm³/mol. The summed E-state index contributed by atoms with van der Waals surface area (Å²) in [4.78, 5) is 10.1. The summed E-state index contributed by atoms with van der Waals surface area (Å²) in [6.45, 7) is 5.68. The molecule has 4 N–H and O–H groups in total. The van der Waals surface area contributed by atoms with Crippen molar-refractivity contribution in [1.82, 2.24) is 20.2 Å². The van der Waals surface area contributed by atoms with Crippen LogP contribution in [-0.4, -0.2) is 54.2 Å². The monoisotopic (exact) mass is 404 g/mol. The van der Waals surface area contributed by atoms with E-state index in [4.69, 9.17) is 10.5 Å². The van der Waals surface area contributed by atoms with Gasteiger partial charge in [-0.15, -0.1) is 24.8 Å². The van der Waals surface area contributed by atoms with Gasteiger partial charge < -0.3 is 21.1 Å². The van der Waals surface area contributed by atoms with Gasteiger partial charge in [-0.1, -0.05) is 6.07 Å². The summed E-state index contributed by atoms with van der Waals surface area (Å²) >= 11 is 0. The largest absolute Gasteiger partial charge is 0.492 e. The summed E-state index contributed by atoms with van der Waals surface area (Å²) < 4.78 is 18.9. The van der Waals surface area contributed by atoms with Crippen molar-refractivity contribution in [3.63, 3.8) is 0 Å². The van der Waals surface area contributed by atoms with Crippen LogP contribution >= 0.6 is 24.8 Å². The normalized spacial score (nSPS) is 14.0. The van der Waals surface area contributed by atoms with E-state index in [1.807, 2.05) is 24.3 Å². The van der Waals surface area contributed by atoms with Crippen LogP contribution in [0.4, 0.5) is 21.8 Å². The number of nitrogen functional groups attached to an aromatic ring is 1. The number of benzene rings is 1. The maximum absolute atomic E-state index is 13.1. The van der Waals surface area contributed by atoms with E-state index in [-0.39, 0.29) is 36.6 Å². The molecule has 10 heteroatoms. The van der Waals surface area contributed by atoms with Gasteiger partial charge in [-0.05, 0) is 12.1 Å². The minimum absolute atomic E-state index is 0. The maximum atomic E-state index is 13.1. The molecule has 2 heterocycles. The van der Waals surface area contributed by atoms with Crippen molar-refractivity contribution in [3.05, 3.63) is 36.3 Å². The van der Waals surface area contributed by atoms with E-state index in [9.17, 15) is 4.39 Å². The number of piperazine rings is 1. The van der Waals surface area contributed by atoms with Crippen molar-refractivity contribution in [1.29, 1.82) is 0 Å². The van der Waals surface area contributed by atoms with Crippen LogP contribution in [0, 0.1) is 5.82 Å². The third-order valence-electron chi connectivity index (χ3n) is 3.75. The molecule has 1 aromatic heterocycles. The number of nitrogens with one attached hydrogen (secondary N) is 2. The number of halogens is 3. The van der Waals surface area contributed by atoms with Gasteiger partial charge in [0, 0.05) is 44.5 Å². The van der Waals surface area contributed by atoms with Crippen LogP contribution in [0.3, 0.4) is 0 Å². The first-order valence-electron chi connectivity index (χ1n) is 7.92. The summed E-state index contributed by atoms with van der Waals surface area (Å²) in [5.41, 5.74) is 6.19. The highest BCUT2D eigenvalue weighted by Gasteiger charge is 2.09. The zero-order valence-corrected chi connectivity index (χ0v) is 15.8. The van der Waals surface area contributed by atoms with E-state index < -0.39 is 5.82 Å². The van der Waals surface area contributed by atoms with Crippen LogP contribution in [0.5, 0.6) is 5.75 Å². The first kappa shape index (κ1) is 22.2. The lowest BCUT2D eigenvalue weighted by Crippen LogP contribution is -2.44. The van der Waals surface area contributed by atoms with Crippen LogP contribution in [0.25, 0.3) is 0 Å². The number of nitrogens with zero attached hydrogens (tertiary/aromatic N) is 3. The van der Waals surface area contributed by atoms with Gasteiger partial charge in [0.2, 0.25) is 5.95 Å². The molecule has 3 rings (SSSR count). The highest BCUT2D eigenvalue weighted by atomic mass is 35.5. The highest BCUT2D eigenvalue weighted by Crippen LogP contribution is 2.20. The fourth-order valence-corrected chi connectivity index (χ4v) is 2.46. The second-order valence-electron chi connectivity index (χ2n) is 5.52. The molecule has 7 nitrogen and oxygen atoms in total. The number of rotatable bonds is 6. The Kier molecular flexibility index (Phi) is 9.36. The van der Waals surface area contributed by atoms with Crippen LogP contribution in [0.1, 0.15) is 0 Å². The Hall–Kier alpha value is -1.87. The highest BCUT2D eigenvalue weighted by molar-refractivity contribution is 5.85. The van der Waals surface area contributed by atoms with E-state index in [0.29, 0.717) is 6.61 Å². The minimum Gasteiger partial charge on any atom is -0.492 e. The molecule has 1 aliphatic rings. The van der Waals surface area contributed by atoms with Crippen molar-refractivity contribution in [2.24, 2.45) is 0 Å². The smallest absolute Gasteiger partial charge is 0.229 e. The molecule has 0 bridgehead atoms. The lowest BCUT2D eigenvalue weighted by atomic mass is 10.3. The molecule has 0 saturated carbocycles. The molecule has 0 atom stereocenters. The summed E-state index contributed by atoms with van der Waals surface area (Å²) in [6, 6.07) is 7.46. The molecule has 0 radical (unpaired) electrons. The molecule has 1 saturated heterocycles. The van der Waals surface area contributed by atoms with Gasteiger partial charge in [0.05, 0.1) is 6.20 Å². The van der Waals surface area contributed by atoms with Gasteiger partial charge in [-0.25, -0.2) is 9.37 Å². The minimum atomic E-state index is -0.634. The number of anilines is 3. The van der Waals surface area contributed by atoms with Crippen molar-refractivity contribution < 1.29 is 9.13 Å². The summed E-state index contributed by atoms with van der Waals surface area (Å²) in [7, 11) is 0. The van der Waals surface area contributed by atoms with Crippen molar-refractivity contribution in [2.45, 2.75) is 0 Å². The average molecular weight is 405 g/mol. The molecule has 144 valence electrons. The lowest BCUT2D eigenvalue weighted by Gasteiger charge is -2.26. The average Bonchev–Trinajstić information content (AvgIpc) is 2.60. The lowest BCUT2D eigenvalue weighted by molar-refractivity contribution is 0.191. The van der Waals surface area contributed by atoms with E-state index in [0.717, 1.165) is 50.4 Å². The fraction of sp³-hybridized carbons (Fsp3) is 0.375. The molecular formula is C16H23Cl2FN6O. The molecule has 0 unspecified atom stereocenters. The van der Waals surface area contributed by atoms with Gasteiger partial charge in [0.15, 0.2) is 11.6 Å². The van der Waals surface area contributed by atoms with Gasteiger partial charge in [0.1, 0.15) is 12.4 Å². The molecule has 0 spiro atoms. The topological polar surface area (TPSA) is 88.3 Å². The number of nitrogens with two attached hydrogens (primary N) is 1. The molecule has 2 aromatic rings. The second kappa shape index (κ2) is 11.0. The van der Waals surface area contributed by atoms with E-state index in [1.165, 1.54) is 0 Å². The molecule has 26 heavy (non-hydrogen) atoms. The van der Waals surface area contributed by atoms with Gasteiger partial charge >= 0.3 is 0 Å². The van der Waals surface area contributed by atoms with E-state index in [1.54, 1.807) is 0 Å². The molecule has 1 fully saturated rings. The molecule has 1 aliphatic heterocycles. The van der Waals surface area contributed by atoms with Crippen LogP contribution < -0.4 is 21.1 Å². The Morgan fingerprint density at radius 2 is 2.04 bits per heavy atom. The Balaban J connectivity index is 0.00000169. The summed E-state index contributed by atoms with van der Waals surface area (Å²) in [6.07, 6.45) is 1.04. The number of hydrogen-bond acceptors (Lipinski definition) is 7. The number of hydrogen-bond donors (Lipinski definition) is 3. The van der Waals surface area contributed by atoms with Crippen LogP contribution in [0.2, 0.25) is 0 Å². The number of ether oxygens (including phenoxy) is 1. The van der Waals surface area contributed by atoms with Crippen LogP contribution in [0.15, 0.2) is 30.5 Å². The molecule has 0 aliphatic carbocycles. The standard InChI is InChI=1S/C16H21FN6O.2ClH/c17-14-11-20-16(22-15(14)18)21-12-2-1-3-13(10-12)24-9-8-23-6-4-19-5-7-23;;/h1-3,10-11,19H,4-9H2,(H3,18,20,21,22);2*1H. The zero-order valence-electron chi connectivity index (χ0n) is 14.2.